The number of anilines is 1. The zero-order valence-corrected chi connectivity index (χ0v) is 14.3. The topological polar surface area (TPSA) is 85.6 Å². The van der Waals surface area contributed by atoms with Crippen LogP contribution in [0.2, 0.25) is 0 Å². The Hall–Kier alpha value is -3.62. The lowest BCUT2D eigenvalue weighted by Gasteiger charge is -2.14. The van der Waals surface area contributed by atoms with Crippen LogP contribution in [0.25, 0.3) is 11.0 Å². The summed E-state index contributed by atoms with van der Waals surface area (Å²) in [7, 11) is 0. The Bertz CT molecular complexity index is 1140. The van der Waals surface area contributed by atoms with Crippen LogP contribution < -0.4 is 10.9 Å². The van der Waals surface area contributed by atoms with E-state index in [1.807, 2.05) is 5.32 Å². The van der Waals surface area contributed by atoms with Gasteiger partial charge < -0.3 is 14.5 Å². The summed E-state index contributed by atoms with van der Waals surface area (Å²) in [5, 5.41) is 2.45. The van der Waals surface area contributed by atoms with Crippen molar-refractivity contribution in [1.29, 1.82) is 0 Å². The van der Waals surface area contributed by atoms with Gasteiger partial charge in [-0.05, 0) is 31.2 Å². The van der Waals surface area contributed by atoms with Crippen LogP contribution in [-0.4, -0.2) is 18.0 Å². The summed E-state index contributed by atoms with van der Waals surface area (Å²) in [6.45, 7) is 1.16. The van der Waals surface area contributed by atoms with E-state index in [0.29, 0.717) is 11.5 Å². The highest BCUT2D eigenvalue weighted by Gasteiger charge is 2.24. The molecular weight excluding hydrogens is 379 g/mol. The number of ether oxygens (including phenoxy) is 1. The number of carbonyl (C=O) groups excluding carboxylic acids is 2. The van der Waals surface area contributed by atoms with Gasteiger partial charge in [-0.3, -0.25) is 4.79 Å². The molecule has 6 nitrogen and oxygen atoms in total. The molecule has 0 saturated carbocycles. The number of benzene rings is 2. The Morgan fingerprint density at radius 1 is 1.07 bits per heavy atom. The first kappa shape index (κ1) is 19.2. The van der Waals surface area contributed by atoms with Crippen LogP contribution in [0, 0.1) is 17.5 Å². The van der Waals surface area contributed by atoms with E-state index in [1.165, 1.54) is 12.1 Å². The molecule has 2 aromatic carbocycles. The van der Waals surface area contributed by atoms with Gasteiger partial charge in [-0.1, -0.05) is 18.2 Å². The molecule has 9 heteroatoms. The average Bonchev–Trinajstić information content (AvgIpc) is 2.67. The lowest BCUT2D eigenvalue weighted by molar-refractivity contribution is -0.123. The lowest BCUT2D eigenvalue weighted by Crippen LogP contribution is -2.31. The summed E-state index contributed by atoms with van der Waals surface area (Å²) in [6.07, 6.45) is -1.47. The lowest BCUT2D eigenvalue weighted by atomic mass is 10.2. The van der Waals surface area contributed by atoms with Gasteiger partial charge in [-0.25, -0.2) is 22.8 Å². The minimum absolute atomic E-state index is 0.267. The molecule has 3 aromatic rings. The molecule has 3 rings (SSSR count). The fourth-order valence-electron chi connectivity index (χ4n) is 2.34. The van der Waals surface area contributed by atoms with Gasteiger partial charge in [-0.2, -0.15) is 0 Å². The smallest absolute Gasteiger partial charge is 0.351 e. The number of fused-ring (bicyclic) bond motifs is 1. The summed E-state index contributed by atoms with van der Waals surface area (Å²) >= 11 is 0. The van der Waals surface area contributed by atoms with Crippen LogP contribution in [0.3, 0.4) is 0 Å². The van der Waals surface area contributed by atoms with Gasteiger partial charge >= 0.3 is 11.6 Å². The number of amides is 1. The Balaban J connectivity index is 1.75. The predicted molar refractivity (Wildman–Crippen MR) is 92.3 cm³/mol. The van der Waals surface area contributed by atoms with E-state index in [-0.39, 0.29) is 5.58 Å². The van der Waals surface area contributed by atoms with Gasteiger partial charge in [0.1, 0.15) is 11.1 Å². The quantitative estimate of drug-likeness (QED) is 0.419. The van der Waals surface area contributed by atoms with E-state index >= 15 is 0 Å². The van der Waals surface area contributed by atoms with Crippen LogP contribution in [0.1, 0.15) is 17.3 Å². The minimum Gasteiger partial charge on any atom is -0.449 e. The van der Waals surface area contributed by atoms with Crippen molar-refractivity contribution in [1.82, 2.24) is 0 Å². The molecule has 1 atom stereocenters. The molecule has 1 N–H and O–H groups in total. The van der Waals surface area contributed by atoms with Crippen molar-refractivity contribution in [2.75, 3.05) is 5.32 Å². The third-order valence-electron chi connectivity index (χ3n) is 3.81. The number of nitrogens with one attached hydrogen (secondary N) is 1. The van der Waals surface area contributed by atoms with E-state index in [2.05, 4.69) is 0 Å². The molecule has 0 spiro atoms. The van der Waals surface area contributed by atoms with Crippen LogP contribution in [0.15, 0.2) is 51.7 Å². The highest BCUT2D eigenvalue weighted by atomic mass is 19.2. The monoisotopic (exact) mass is 391 g/mol. The van der Waals surface area contributed by atoms with Gasteiger partial charge in [0.25, 0.3) is 5.91 Å². The Morgan fingerprint density at radius 3 is 2.54 bits per heavy atom. The molecule has 1 aromatic heterocycles. The van der Waals surface area contributed by atoms with Gasteiger partial charge in [0.05, 0.1) is 5.69 Å². The summed E-state index contributed by atoms with van der Waals surface area (Å²) in [5.74, 6) is -6.91. The molecule has 0 bridgehead atoms. The number of rotatable bonds is 4. The van der Waals surface area contributed by atoms with E-state index in [4.69, 9.17) is 9.15 Å². The van der Waals surface area contributed by atoms with Gasteiger partial charge in [0.2, 0.25) is 0 Å². The second-order valence-corrected chi connectivity index (χ2v) is 5.75. The maximum atomic E-state index is 13.6. The van der Waals surface area contributed by atoms with Gasteiger partial charge in [-0.15, -0.1) is 0 Å². The summed E-state index contributed by atoms with van der Waals surface area (Å²) in [5.41, 5.74) is -1.75. The average molecular weight is 391 g/mol. The first-order valence-electron chi connectivity index (χ1n) is 7.96. The van der Waals surface area contributed by atoms with Crippen molar-refractivity contribution >= 4 is 28.5 Å². The molecule has 1 amide bonds. The molecule has 144 valence electrons. The van der Waals surface area contributed by atoms with Gasteiger partial charge in [0, 0.05) is 5.39 Å². The molecule has 0 saturated heterocycles. The number of halogens is 3. The summed E-state index contributed by atoms with van der Waals surface area (Å²) < 4.78 is 49.7. The fraction of sp³-hybridized carbons (Fsp3) is 0.105. The molecule has 0 aliphatic rings. The van der Waals surface area contributed by atoms with Crippen LogP contribution in [0.5, 0.6) is 0 Å². The van der Waals surface area contributed by atoms with Crippen molar-refractivity contribution in [2.45, 2.75) is 13.0 Å². The highest BCUT2D eigenvalue weighted by molar-refractivity contribution is 5.98. The largest absolute Gasteiger partial charge is 0.449 e. The van der Waals surface area contributed by atoms with Crippen molar-refractivity contribution in [2.24, 2.45) is 0 Å². The highest BCUT2D eigenvalue weighted by Crippen LogP contribution is 2.20. The number of carbonyl (C=O) groups is 2. The van der Waals surface area contributed by atoms with E-state index < -0.39 is 52.3 Å². The Labute approximate surface area is 155 Å². The summed E-state index contributed by atoms with van der Waals surface area (Å²) in [4.78, 5) is 36.2. The molecule has 0 unspecified atom stereocenters. The Kier molecular flexibility index (Phi) is 5.16. The molecule has 0 fully saturated rings. The third kappa shape index (κ3) is 3.73. The van der Waals surface area contributed by atoms with Crippen molar-refractivity contribution in [3.63, 3.8) is 0 Å². The minimum atomic E-state index is -1.75. The normalized spacial score (nSPS) is 11.9. The first-order chi connectivity index (χ1) is 13.3. The van der Waals surface area contributed by atoms with Crippen LogP contribution in [-0.2, 0) is 9.53 Å². The van der Waals surface area contributed by atoms with E-state index in [0.717, 1.165) is 13.0 Å². The van der Waals surface area contributed by atoms with Crippen molar-refractivity contribution < 1.29 is 31.9 Å². The van der Waals surface area contributed by atoms with Crippen molar-refractivity contribution in [3.8, 4) is 0 Å². The predicted octanol–water partition coefficient (Wildman–Crippen LogP) is 3.39. The second-order valence-electron chi connectivity index (χ2n) is 5.75. The molecule has 1 heterocycles. The van der Waals surface area contributed by atoms with Crippen LogP contribution in [0.4, 0.5) is 18.9 Å². The SMILES string of the molecule is C[C@@H](OC(=O)c1cc2ccccc2oc1=O)C(=O)Nc1ccc(F)c(F)c1F. The molecular formula is C19H12F3NO5. The fourth-order valence-corrected chi connectivity index (χ4v) is 2.34. The molecule has 28 heavy (non-hydrogen) atoms. The van der Waals surface area contributed by atoms with E-state index in [9.17, 15) is 27.6 Å². The number of para-hydroxylation sites is 1. The third-order valence-corrected chi connectivity index (χ3v) is 3.81. The second kappa shape index (κ2) is 7.55. The zero-order valence-electron chi connectivity index (χ0n) is 14.3. The zero-order chi connectivity index (χ0) is 20.4. The first-order valence-corrected chi connectivity index (χ1v) is 7.96. The standard InChI is InChI=1S/C19H12F3NO5/c1-9(17(24)23-13-7-6-12(20)15(21)16(13)22)27-18(25)11-8-10-4-2-3-5-14(10)28-19(11)26/h2-9H,1H3,(H,23,24)/t9-/m1/s1. The molecule has 0 aliphatic carbocycles. The molecule has 0 radical (unpaired) electrons. The van der Waals surface area contributed by atoms with E-state index in [1.54, 1.807) is 18.2 Å². The maximum absolute atomic E-state index is 13.6. The molecule has 0 aliphatic heterocycles. The number of hydrogen-bond donors (Lipinski definition) is 1. The number of esters is 1. The maximum Gasteiger partial charge on any atom is 0.351 e. The summed E-state index contributed by atoms with van der Waals surface area (Å²) in [6, 6.07) is 9.17. The van der Waals surface area contributed by atoms with Crippen molar-refractivity contribution in [3.05, 3.63) is 75.9 Å². The van der Waals surface area contributed by atoms with Gasteiger partial charge in [0.15, 0.2) is 23.6 Å². The number of hydrogen-bond acceptors (Lipinski definition) is 5. The Morgan fingerprint density at radius 2 is 1.79 bits per heavy atom. The van der Waals surface area contributed by atoms with Crippen LogP contribution >= 0.6 is 0 Å².